The van der Waals surface area contributed by atoms with Gasteiger partial charge in [-0.05, 0) is 138 Å². The number of benzene rings is 9. The van der Waals surface area contributed by atoms with Crippen LogP contribution in [0.3, 0.4) is 0 Å². The molecule has 12 rings (SSSR count). The molecule has 0 saturated heterocycles. The van der Waals surface area contributed by atoms with Gasteiger partial charge in [-0.25, -0.2) is 0 Å². The summed E-state index contributed by atoms with van der Waals surface area (Å²) in [5.74, 6) is 0. The van der Waals surface area contributed by atoms with Crippen molar-refractivity contribution in [2.45, 2.75) is 50.4 Å². The Morgan fingerprint density at radius 1 is 0.317 bits per heavy atom. The lowest BCUT2D eigenvalue weighted by Gasteiger charge is -2.30. The molecule has 0 aromatic heterocycles. The van der Waals surface area contributed by atoms with Crippen LogP contribution in [0.4, 0.5) is 17.1 Å². The van der Waals surface area contributed by atoms with E-state index in [1.54, 1.807) is 0 Å². The van der Waals surface area contributed by atoms with Crippen molar-refractivity contribution in [1.29, 1.82) is 0 Å². The molecule has 0 amide bonds. The molecular weight excluding hydrogens is 759 g/mol. The molecule has 9 aromatic carbocycles. The van der Waals surface area contributed by atoms with Crippen LogP contribution in [0.5, 0.6) is 0 Å². The number of nitrogens with zero attached hydrogens (tertiary/aromatic N) is 1. The molecule has 3 aliphatic carbocycles. The molecule has 1 spiro atoms. The molecule has 1 fully saturated rings. The minimum Gasteiger partial charge on any atom is -0.310 e. The molecule has 63 heavy (non-hydrogen) atoms. The predicted molar refractivity (Wildman–Crippen MR) is 265 cm³/mol. The summed E-state index contributed by atoms with van der Waals surface area (Å²) in [5, 5.41) is 0. The van der Waals surface area contributed by atoms with Gasteiger partial charge in [0.15, 0.2) is 0 Å². The molecule has 0 heterocycles. The first-order valence-corrected chi connectivity index (χ1v) is 22.7. The summed E-state index contributed by atoms with van der Waals surface area (Å²) in [5.41, 5.74) is 24.8. The van der Waals surface area contributed by atoms with Crippen LogP contribution in [0.2, 0.25) is 0 Å². The lowest BCUT2D eigenvalue weighted by atomic mass is 9.76. The molecule has 1 nitrogen and oxygen atoms in total. The van der Waals surface area contributed by atoms with Crippen molar-refractivity contribution in [3.05, 3.63) is 235 Å². The molecular formula is C62H49N. The number of anilines is 3. The van der Waals surface area contributed by atoms with Gasteiger partial charge < -0.3 is 4.90 Å². The molecule has 0 atom stereocenters. The summed E-state index contributed by atoms with van der Waals surface area (Å²) in [7, 11) is 0. The van der Waals surface area contributed by atoms with Crippen molar-refractivity contribution in [2.24, 2.45) is 0 Å². The first-order chi connectivity index (χ1) is 31.0. The smallest absolute Gasteiger partial charge is 0.0465 e. The van der Waals surface area contributed by atoms with Crippen LogP contribution in [0.1, 0.15) is 61.8 Å². The fraction of sp³-hybridized carbons (Fsp3) is 0.129. The molecule has 0 N–H and O–H groups in total. The van der Waals surface area contributed by atoms with Crippen molar-refractivity contribution in [3.8, 4) is 66.8 Å². The maximum absolute atomic E-state index is 2.53. The third-order valence-electron chi connectivity index (χ3n) is 14.6. The van der Waals surface area contributed by atoms with Crippen LogP contribution < -0.4 is 4.90 Å². The molecule has 0 unspecified atom stereocenters. The Balaban J connectivity index is 0.928. The lowest BCUT2D eigenvalue weighted by molar-refractivity contribution is 0.550. The summed E-state index contributed by atoms with van der Waals surface area (Å²) in [6, 6.07) is 79.2. The van der Waals surface area contributed by atoms with Crippen molar-refractivity contribution in [3.63, 3.8) is 0 Å². The van der Waals surface area contributed by atoms with Gasteiger partial charge in [-0.15, -0.1) is 0 Å². The lowest BCUT2D eigenvalue weighted by Crippen LogP contribution is -2.21. The molecule has 9 aromatic rings. The van der Waals surface area contributed by atoms with Crippen LogP contribution >= 0.6 is 0 Å². The SMILES string of the molecule is CC1(C)c2ccccc2-c2cccc(-c3ccc(N(c4ccc(-c5ccc(-c6ccccc6-c6ccccc6)cc5)cc4)c4ccc5c(c4)C4(CCCC4)c4ccccc4-5)cc3)c21. The van der Waals surface area contributed by atoms with Crippen LogP contribution in [-0.4, -0.2) is 0 Å². The van der Waals surface area contributed by atoms with E-state index in [0.717, 1.165) is 11.4 Å². The van der Waals surface area contributed by atoms with Gasteiger partial charge in [0.1, 0.15) is 0 Å². The fourth-order valence-corrected chi connectivity index (χ4v) is 11.7. The van der Waals surface area contributed by atoms with Gasteiger partial charge >= 0.3 is 0 Å². The number of rotatable bonds is 7. The number of fused-ring (bicyclic) bond motifs is 8. The van der Waals surface area contributed by atoms with Gasteiger partial charge in [-0.1, -0.05) is 203 Å². The zero-order valence-corrected chi connectivity index (χ0v) is 36.0. The molecule has 1 heteroatoms. The second-order valence-corrected chi connectivity index (χ2v) is 18.4. The average molecular weight is 808 g/mol. The second kappa shape index (κ2) is 14.7. The third kappa shape index (κ3) is 5.98. The van der Waals surface area contributed by atoms with E-state index in [2.05, 4.69) is 231 Å². The fourth-order valence-electron chi connectivity index (χ4n) is 11.7. The molecule has 3 aliphatic rings. The van der Waals surface area contributed by atoms with Crippen LogP contribution in [0, 0.1) is 0 Å². The number of hydrogen-bond acceptors (Lipinski definition) is 1. The minimum atomic E-state index is -0.0832. The summed E-state index contributed by atoms with van der Waals surface area (Å²) in [6.07, 6.45) is 4.97. The van der Waals surface area contributed by atoms with Crippen molar-refractivity contribution >= 4 is 17.1 Å². The monoisotopic (exact) mass is 807 g/mol. The molecule has 1 saturated carbocycles. The van der Waals surface area contributed by atoms with E-state index in [-0.39, 0.29) is 10.8 Å². The Labute approximate surface area is 372 Å². The largest absolute Gasteiger partial charge is 0.310 e. The Bertz CT molecular complexity index is 3160. The Morgan fingerprint density at radius 2 is 0.746 bits per heavy atom. The van der Waals surface area contributed by atoms with Gasteiger partial charge in [0.2, 0.25) is 0 Å². The number of hydrogen-bond donors (Lipinski definition) is 0. The zero-order valence-electron chi connectivity index (χ0n) is 36.0. The van der Waals surface area contributed by atoms with Crippen molar-refractivity contribution in [2.75, 3.05) is 4.90 Å². The van der Waals surface area contributed by atoms with E-state index in [0.29, 0.717) is 0 Å². The maximum atomic E-state index is 2.53. The highest BCUT2D eigenvalue weighted by Gasteiger charge is 2.45. The first-order valence-electron chi connectivity index (χ1n) is 22.7. The van der Waals surface area contributed by atoms with E-state index in [1.165, 1.54) is 120 Å². The molecule has 0 radical (unpaired) electrons. The molecule has 0 aliphatic heterocycles. The highest BCUT2D eigenvalue weighted by Crippen LogP contribution is 2.58. The van der Waals surface area contributed by atoms with Gasteiger partial charge in [0.05, 0.1) is 0 Å². The summed E-state index contributed by atoms with van der Waals surface area (Å²) >= 11 is 0. The minimum absolute atomic E-state index is 0.0832. The van der Waals surface area contributed by atoms with E-state index < -0.39 is 0 Å². The van der Waals surface area contributed by atoms with Crippen LogP contribution in [0.15, 0.2) is 212 Å². The Morgan fingerprint density at radius 3 is 1.40 bits per heavy atom. The van der Waals surface area contributed by atoms with E-state index >= 15 is 0 Å². The normalized spacial score (nSPS) is 14.8. The zero-order chi connectivity index (χ0) is 42.1. The van der Waals surface area contributed by atoms with E-state index in [4.69, 9.17) is 0 Å². The Hall–Kier alpha value is -7.22. The molecule has 302 valence electrons. The van der Waals surface area contributed by atoms with Crippen molar-refractivity contribution in [1.82, 2.24) is 0 Å². The topological polar surface area (TPSA) is 3.24 Å². The standard InChI is InChI=1S/C62H49N/c1-61(2)57-23-10-8-20-54(57)56-22-14-21-52(60(56)61)46-31-35-48(36-32-46)63(49-37-38-55-53-19-9-11-24-58(53)62(59(55)41-49)39-12-13-40-62)47-33-29-43(30-34-47)42-25-27-45(28-26-42)51-18-7-6-17-50(51)44-15-4-3-5-16-44/h3-11,14-38,41H,12-13,39-40H2,1-2H3. The first kappa shape index (κ1) is 37.5. The van der Waals surface area contributed by atoms with Gasteiger partial charge in [-0.2, -0.15) is 0 Å². The predicted octanol–water partition coefficient (Wildman–Crippen LogP) is 17.0. The molecule has 0 bridgehead atoms. The Kier molecular flexibility index (Phi) is 8.76. The summed E-state index contributed by atoms with van der Waals surface area (Å²) in [6.45, 7) is 4.76. The van der Waals surface area contributed by atoms with Gasteiger partial charge in [-0.3, -0.25) is 0 Å². The highest BCUT2D eigenvalue weighted by molar-refractivity contribution is 5.90. The summed E-state index contributed by atoms with van der Waals surface area (Å²) in [4.78, 5) is 2.47. The van der Waals surface area contributed by atoms with Crippen LogP contribution in [0.25, 0.3) is 66.8 Å². The highest BCUT2D eigenvalue weighted by atomic mass is 15.1. The van der Waals surface area contributed by atoms with E-state index in [1.807, 2.05) is 0 Å². The van der Waals surface area contributed by atoms with Gasteiger partial charge in [0.25, 0.3) is 0 Å². The van der Waals surface area contributed by atoms with E-state index in [9.17, 15) is 0 Å². The summed E-state index contributed by atoms with van der Waals surface area (Å²) < 4.78 is 0. The maximum Gasteiger partial charge on any atom is 0.0465 e. The second-order valence-electron chi connectivity index (χ2n) is 18.4. The quantitative estimate of drug-likeness (QED) is 0.155. The average Bonchev–Trinajstić information content (AvgIpc) is 4.02. The van der Waals surface area contributed by atoms with Crippen molar-refractivity contribution < 1.29 is 0 Å². The van der Waals surface area contributed by atoms with Crippen LogP contribution in [-0.2, 0) is 10.8 Å². The third-order valence-corrected chi connectivity index (χ3v) is 14.6. The van der Waals surface area contributed by atoms with Gasteiger partial charge in [0, 0.05) is 27.9 Å².